The minimum absolute atomic E-state index is 0.255. The Morgan fingerprint density at radius 1 is 1.71 bits per heavy atom. The van der Waals surface area contributed by atoms with E-state index in [1.165, 1.54) is 12.1 Å². The monoisotopic (exact) mass is 254 g/mol. The number of halogens is 1. The van der Waals surface area contributed by atoms with Gasteiger partial charge in [-0.2, -0.15) is 5.26 Å². The first kappa shape index (κ1) is 10.7. The summed E-state index contributed by atoms with van der Waals surface area (Å²) in [6.45, 7) is 2.04. The molecule has 0 radical (unpaired) electrons. The summed E-state index contributed by atoms with van der Waals surface area (Å²) in [7, 11) is 0. The number of ether oxygens (including phenoxy) is 1. The number of aromatic nitrogens is 1. The molecule has 1 aromatic rings. The molecule has 0 unspecified atom stereocenters. The van der Waals surface area contributed by atoms with Gasteiger partial charge in [0, 0.05) is 0 Å². The first-order valence-corrected chi connectivity index (χ1v) is 4.72. The predicted molar refractivity (Wildman–Crippen MR) is 52.6 cm³/mol. The molecule has 0 aliphatic heterocycles. The fourth-order valence-corrected chi connectivity index (χ4v) is 1.34. The maximum absolute atomic E-state index is 11.3. The van der Waals surface area contributed by atoms with Crippen LogP contribution in [-0.2, 0) is 4.74 Å². The van der Waals surface area contributed by atoms with Crippen LogP contribution in [0, 0.1) is 11.3 Å². The minimum Gasteiger partial charge on any atom is -0.462 e. The number of carbonyl (C=O) groups excluding carboxylic acids is 1. The maximum Gasteiger partial charge on any atom is 0.340 e. The molecular formula is C9H7BrN2O2. The van der Waals surface area contributed by atoms with Gasteiger partial charge in [-0.3, -0.25) is 0 Å². The van der Waals surface area contributed by atoms with E-state index >= 15 is 0 Å². The van der Waals surface area contributed by atoms with E-state index < -0.39 is 5.97 Å². The normalized spacial score (nSPS) is 9.21. The van der Waals surface area contributed by atoms with Gasteiger partial charge >= 0.3 is 5.97 Å². The summed E-state index contributed by atoms with van der Waals surface area (Å²) < 4.78 is 5.12. The Balaban J connectivity index is 3.01. The van der Waals surface area contributed by atoms with E-state index in [1.54, 1.807) is 6.92 Å². The summed E-state index contributed by atoms with van der Waals surface area (Å²) in [4.78, 5) is 15.1. The summed E-state index contributed by atoms with van der Waals surface area (Å²) in [5.74, 6) is -0.448. The van der Waals surface area contributed by atoms with Gasteiger partial charge in [-0.05, 0) is 35.0 Å². The fraction of sp³-hybridized carbons (Fsp3) is 0.222. The van der Waals surface area contributed by atoms with Gasteiger partial charge < -0.3 is 4.74 Å². The summed E-state index contributed by atoms with van der Waals surface area (Å²) in [5, 5.41) is 8.55. The first-order chi connectivity index (χ1) is 6.69. The lowest BCUT2D eigenvalue weighted by molar-refractivity contribution is 0.0524. The SMILES string of the molecule is CCOC(=O)c1ccc(C#N)nc1Br. The summed E-state index contributed by atoms with van der Waals surface area (Å²) >= 11 is 3.10. The van der Waals surface area contributed by atoms with Crippen LogP contribution in [0.1, 0.15) is 23.0 Å². The highest BCUT2D eigenvalue weighted by Crippen LogP contribution is 2.15. The third-order valence-electron chi connectivity index (χ3n) is 1.46. The molecule has 1 aromatic heterocycles. The van der Waals surface area contributed by atoms with Crippen molar-refractivity contribution in [1.29, 1.82) is 5.26 Å². The third kappa shape index (κ3) is 2.30. The quantitative estimate of drug-likeness (QED) is 0.598. The Labute approximate surface area is 89.6 Å². The molecular weight excluding hydrogens is 248 g/mol. The molecule has 1 rings (SSSR count). The Kier molecular flexibility index (Phi) is 3.60. The number of hydrogen-bond donors (Lipinski definition) is 0. The zero-order valence-corrected chi connectivity index (χ0v) is 9.04. The number of pyridine rings is 1. The molecule has 1 heterocycles. The highest BCUT2D eigenvalue weighted by molar-refractivity contribution is 9.10. The number of rotatable bonds is 2. The van der Waals surface area contributed by atoms with Gasteiger partial charge in [0.05, 0.1) is 12.2 Å². The average Bonchev–Trinajstić information content (AvgIpc) is 2.17. The van der Waals surface area contributed by atoms with E-state index in [2.05, 4.69) is 20.9 Å². The van der Waals surface area contributed by atoms with Crippen molar-refractivity contribution in [3.05, 3.63) is 28.0 Å². The topological polar surface area (TPSA) is 63.0 Å². The van der Waals surface area contributed by atoms with E-state index in [9.17, 15) is 4.79 Å². The second kappa shape index (κ2) is 4.72. The van der Waals surface area contributed by atoms with Gasteiger partial charge in [-0.15, -0.1) is 0 Å². The molecule has 5 heteroatoms. The first-order valence-electron chi connectivity index (χ1n) is 3.92. The van der Waals surface area contributed by atoms with Crippen molar-refractivity contribution < 1.29 is 9.53 Å². The summed E-state index contributed by atoms with van der Waals surface area (Å²) in [6, 6.07) is 4.85. The zero-order valence-electron chi connectivity index (χ0n) is 7.45. The molecule has 0 aliphatic carbocycles. The van der Waals surface area contributed by atoms with E-state index in [0.717, 1.165) is 0 Å². The fourth-order valence-electron chi connectivity index (χ4n) is 0.858. The molecule has 0 saturated carbocycles. The van der Waals surface area contributed by atoms with Crippen molar-refractivity contribution in [3.63, 3.8) is 0 Å². The molecule has 0 aliphatic rings. The van der Waals surface area contributed by atoms with E-state index in [0.29, 0.717) is 16.8 Å². The molecule has 0 bridgehead atoms. The van der Waals surface area contributed by atoms with Crippen molar-refractivity contribution in [2.45, 2.75) is 6.92 Å². The van der Waals surface area contributed by atoms with Crippen LogP contribution in [0.4, 0.5) is 0 Å². The average molecular weight is 255 g/mol. The number of carbonyl (C=O) groups is 1. The van der Waals surface area contributed by atoms with Crippen LogP contribution in [0.3, 0.4) is 0 Å². The molecule has 0 saturated heterocycles. The lowest BCUT2D eigenvalue weighted by Crippen LogP contribution is -2.06. The maximum atomic E-state index is 11.3. The molecule has 0 spiro atoms. The van der Waals surface area contributed by atoms with E-state index in [4.69, 9.17) is 10.00 Å². The minimum atomic E-state index is -0.448. The zero-order chi connectivity index (χ0) is 10.6. The van der Waals surface area contributed by atoms with Crippen LogP contribution in [0.5, 0.6) is 0 Å². The van der Waals surface area contributed by atoms with Gasteiger partial charge in [0.25, 0.3) is 0 Å². The van der Waals surface area contributed by atoms with Crippen molar-refractivity contribution in [3.8, 4) is 6.07 Å². The van der Waals surface area contributed by atoms with Gasteiger partial charge in [0.1, 0.15) is 16.4 Å². The molecule has 4 nitrogen and oxygen atoms in total. The van der Waals surface area contributed by atoms with Gasteiger partial charge in [-0.25, -0.2) is 9.78 Å². The lowest BCUT2D eigenvalue weighted by Gasteiger charge is -2.02. The van der Waals surface area contributed by atoms with Crippen molar-refractivity contribution in [2.24, 2.45) is 0 Å². The Morgan fingerprint density at radius 3 is 2.93 bits per heavy atom. The van der Waals surface area contributed by atoms with Crippen LogP contribution < -0.4 is 0 Å². The molecule has 0 amide bonds. The van der Waals surface area contributed by atoms with Crippen LogP contribution >= 0.6 is 15.9 Å². The van der Waals surface area contributed by atoms with Crippen LogP contribution in [0.2, 0.25) is 0 Å². The molecule has 0 atom stereocenters. The molecule has 14 heavy (non-hydrogen) atoms. The van der Waals surface area contributed by atoms with Crippen molar-refractivity contribution >= 4 is 21.9 Å². The Morgan fingerprint density at radius 2 is 2.43 bits per heavy atom. The Bertz CT molecular complexity index is 398. The predicted octanol–water partition coefficient (Wildman–Crippen LogP) is 1.89. The highest BCUT2D eigenvalue weighted by Gasteiger charge is 2.12. The molecule has 0 N–H and O–H groups in total. The van der Waals surface area contributed by atoms with Crippen molar-refractivity contribution in [2.75, 3.05) is 6.61 Å². The van der Waals surface area contributed by atoms with E-state index in [-0.39, 0.29) is 5.69 Å². The summed E-state index contributed by atoms with van der Waals surface area (Å²) in [6.07, 6.45) is 0. The number of esters is 1. The lowest BCUT2D eigenvalue weighted by atomic mass is 10.2. The van der Waals surface area contributed by atoms with E-state index in [1.807, 2.05) is 6.07 Å². The highest BCUT2D eigenvalue weighted by atomic mass is 79.9. The van der Waals surface area contributed by atoms with Crippen LogP contribution in [-0.4, -0.2) is 17.6 Å². The second-order valence-corrected chi connectivity index (χ2v) is 3.12. The Hall–Kier alpha value is -1.41. The molecule has 0 fully saturated rings. The smallest absolute Gasteiger partial charge is 0.340 e. The second-order valence-electron chi connectivity index (χ2n) is 2.37. The van der Waals surface area contributed by atoms with Crippen LogP contribution in [0.25, 0.3) is 0 Å². The summed E-state index contributed by atoms with van der Waals surface area (Å²) in [5.41, 5.74) is 0.579. The number of hydrogen-bond acceptors (Lipinski definition) is 4. The largest absolute Gasteiger partial charge is 0.462 e. The third-order valence-corrected chi connectivity index (χ3v) is 2.06. The molecule has 72 valence electrons. The van der Waals surface area contributed by atoms with Crippen LogP contribution in [0.15, 0.2) is 16.7 Å². The number of nitrogens with zero attached hydrogens (tertiary/aromatic N) is 2. The number of nitriles is 1. The van der Waals surface area contributed by atoms with Gasteiger partial charge in [-0.1, -0.05) is 0 Å². The van der Waals surface area contributed by atoms with Gasteiger partial charge in [0.2, 0.25) is 0 Å². The molecule has 0 aromatic carbocycles. The van der Waals surface area contributed by atoms with Gasteiger partial charge in [0.15, 0.2) is 0 Å². The van der Waals surface area contributed by atoms with Crippen molar-refractivity contribution in [1.82, 2.24) is 4.98 Å². The standard InChI is InChI=1S/C9H7BrN2O2/c1-2-14-9(13)7-4-3-6(5-11)12-8(7)10/h3-4H,2H2,1H3.